The third-order valence-electron chi connectivity index (χ3n) is 3.72. The minimum Gasteiger partial charge on any atom is -0.497 e. The Balaban J connectivity index is 1.56. The number of aromatic nitrogens is 2. The number of benzene rings is 1. The summed E-state index contributed by atoms with van der Waals surface area (Å²) in [5.41, 5.74) is 0.933. The highest BCUT2D eigenvalue weighted by Gasteiger charge is 2.20. The van der Waals surface area contributed by atoms with E-state index in [1.165, 1.54) is 0 Å². The minimum absolute atomic E-state index is 0.729. The van der Waals surface area contributed by atoms with E-state index in [0.29, 0.717) is 0 Å². The molecule has 1 N–H and O–H groups in total. The standard InChI is InChI=1S/C16H19N5OS/c1-22-14-5-2-4-13(12-14)19-16(23)21-10-8-20(9-11-21)15-17-6-3-7-18-15/h2-7,12H,8-11H2,1H3,(H,19,23). The molecule has 0 aliphatic carbocycles. The monoisotopic (exact) mass is 329 g/mol. The normalized spacial score (nSPS) is 14.5. The molecule has 0 saturated carbocycles. The van der Waals surface area contributed by atoms with Crippen molar-refractivity contribution in [3.05, 3.63) is 42.7 Å². The summed E-state index contributed by atoms with van der Waals surface area (Å²) in [6.07, 6.45) is 3.54. The van der Waals surface area contributed by atoms with Crippen LogP contribution in [0.5, 0.6) is 5.75 Å². The number of rotatable bonds is 3. The van der Waals surface area contributed by atoms with Crippen LogP contribution in [0, 0.1) is 0 Å². The average Bonchev–Trinajstić information content (AvgIpc) is 2.63. The lowest BCUT2D eigenvalue weighted by atomic mass is 10.3. The summed E-state index contributed by atoms with van der Waals surface area (Å²) >= 11 is 5.52. The predicted molar refractivity (Wildman–Crippen MR) is 95.0 cm³/mol. The summed E-state index contributed by atoms with van der Waals surface area (Å²) in [7, 11) is 1.66. The zero-order valence-electron chi connectivity index (χ0n) is 13.0. The molecular formula is C16H19N5OS. The van der Waals surface area contributed by atoms with Gasteiger partial charge >= 0.3 is 0 Å². The molecule has 120 valence electrons. The van der Waals surface area contributed by atoms with E-state index in [0.717, 1.165) is 48.7 Å². The van der Waals surface area contributed by atoms with Gasteiger partial charge in [0.25, 0.3) is 0 Å². The maximum absolute atomic E-state index is 5.52. The van der Waals surface area contributed by atoms with E-state index in [1.807, 2.05) is 30.3 Å². The van der Waals surface area contributed by atoms with Crippen molar-refractivity contribution in [2.24, 2.45) is 0 Å². The van der Waals surface area contributed by atoms with Gasteiger partial charge in [0, 0.05) is 50.3 Å². The Labute approximate surface area is 141 Å². The van der Waals surface area contributed by atoms with Gasteiger partial charge in [0.1, 0.15) is 5.75 Å². The second-order valence-corrected chi connectivity index (χ2v) is 5.57. The lowest BCUT2D eigenvalue weighted by Gasteiger charge is -2.36. The molecule has 23 heavy (non-hydrogen) atoms. The van der Waals surface area contributed by atoms with Crippen LogP contribution in [-0.4, -0.2) is 53.3 Å². The molecule has 0 spiro atoms. The van der Waals surface area contributed by atoms with Crippen LogP contribution in [0.15, 0.2) is 42.7 Å². The second kappa shape index (κ2) is 7.23. The summed E-state index contributed by atoms with van der Waals surface area (Å²) in [4.78, 5) is 12.9. The Hall–Kier alpha value is -2.41. The molecule has 6 nitrogen and oxygen atoms in total. The van der Waals surface area contributed by atoms with Gasteiger partial charge in [-0.25, -0.2) is 9.97 Å². The van der Waals surface area contributed by atoms with Crippen molar-refractivity contribution < 1.29 is 4.74 Å². The van der Waals surface area contributed by atoms with E-state index in [-0.39, 0.29) is 0 Å². The highest BCUT2D eigenvalue weighted by Crippen LogP contribution is 2.18. The van der Waals surface area contributed by atoms with Crippen LogP contribution in [-0.2, 0) is 0 Å². The zero-order valence-corrected chi connectivity index (χ0v) is 13.8. The van der Waals surface area contributed by atoms with E-state index in [2.05, 4.69) is 25.1 Å². The van der Waals surface area contributed by atoms with Gasteiger partial charge in [0.15, 0.2) is 5.11 Å². The number of nitrogens with zero attached hydrogens (tertiary/aromatic N) is 4. The topological polar surface area (TPSA) is 53.5 Å². The number of piperazine rings is 1. The van der Waals surface area contributed by atoms with Crippen molar-refractivity contribution in [3.63, 3.8) is 0 Å². The Morgan fingerprint density at radius 3 is 2.57 bits per heavy atom. The van der Waals surface area contributed by atoms with E-state index < -0.39 is 0 Å². The molecule has 0 amide bonds. The Bertz CT molecular complexity index is 659. The molecule has 0 radical (unpaired) electrons. The molecule has 2 heterocycles. The average molecular weight is 329 g/mol. The number of ether oxygens (including phenoxy) is 1. The van der Waals surface area contributed by atoms with Gasteiger partial charge < -0.3 is 19.9 Å². The van der Waals surface area contributed by atoms with Crippen LogP contribution in [0.2, 0.25) is 0 Å². The van der Waals surface area contributed by atoms with E-state index in [4.69, 9.17) is 17.0 Å². The fourth-order valence-electron chi connectivity index (χ4n) is 2.47. The summed E-state index contributed by atoms with van der Waals surface area (Å²) in [5.74, 6) is 1.59. The Morgan fingerprint density at radius 1 is 1.13 bits per heavy atom. The first-order valence-electron chi connectivity index (χ1n) is 7.48. The summed E-state index contributed by atoms with van der Waals surface area (Å²) in [6.45, 7) is 3.38. The first kappa shape index (κ1) is 15.5. The Kier molecular flexibility index (Phi) is 4.87. The molecular weight excluding hydrogens is 310 g/mol. The fourth-order valence-corrected chi connectivity index (χ4v) is 2.77. The van der Waals surface area contributed by atoms with Crippen molar-refractivity contribution in [1.82, 2.24) is 14.9 Å². The first-order valence-corrected chi connectivity index (χ1v) is 7.89. The van der Waals surface area contributed by atoms with Gasteiger partial charge in [-0.2, -0.15) is 0 Å². The molecule has 2 aromatic rings. The lowest BCUT2D eigenvalue weighted by molar-refractivity contribution is 0.388. The molecule has 0 atom stereocenters. The van der Waals surface area contributed by atoms with Gasteiger partial charge in [0.2, 0.25) is 5.95 Å². The van der Waals surface area contributed by atoms with Crippen molar-refractivity contribution >= 4 is 29.0 Å². The van der Waals surface area contributed by atoms with Crippen molar-refractivity contribution in [2.75, 3.05) is 43.5 Å². The van der Waals surface area contributed by atoms with E-state index >= 15 is 0 Å². The number of hydrogen-bond acceptors (Lipinski definition) is 5. The van der Waals surface area contributed by atoms with Crippen molar-refractivity contribution in [1.29, 1.82) is 0 Å². The van der Waals surface area contributed by atoms with Crippen molar-refractivity contribution in [3.8, 4) is 5.75 Å². The quantitative estimate of drug-likeness (QED) is 0.864. The molecule has 7 heteroatoms. The van der Waals surface area contributed by atoms with Crippen LogP contribution in [0.25, 0.3) is 0 Å². The van der Waals surface area contributed by atoms with Crippen molar-refractivity contribution in [2.45, 2.75) is 0 Å². The van der Waals surface area contributed by atoms with Gasteiger partial charge in [-0.15, -0.1) is 0 Å². The number of anilines is 2. The smallest absolute Gasteiger partial charge is 0.225 e. The first-order chi connectivity index (χ1) is 11.3. The van der Waals surface area contributed by atoms with Crippen LogP contribution in [0.1, 0.15) is 0 Å². The number of methoxy groups -OCH3 is 1. The van der Waals surface area contributed by atoms with E-state index in [9.17, 15) is 0 Å². The van der Waals surface area contributed by atoms with Gasteiger partial charge in [-0.05, 0) is 30.4 Å². The molecule has 1 aliphatic rings. The van der Waals surface area contributed by atoms with Gasteiger partial charge in [0.05, 0.1) is 7.11 Å². The largest absolute Gasteiger partial charge is 0.497 e. The molecule has 0 unspecified atom stereocenters. The third kappa shape index (κ3) is 3.87. The lowest BCUT2D eigenvalue weighted by Crippen LogP contribution is -2.50. The van der Waals surface area contributed by atoms with Crippen LogP contribution in [0.3, 0.4) is 0 Å². The van der Waals surface area contributed by atoms with Crippen LogP contribution in [0.4, 0.5) is 11.6 Å². The highest BCUT2D eigenvalue weighted by atomic mass is 32.1. The highest BCUT2D eigenvalue weighted by molar-refractivity contribution is 7.80. The second-order valence-electron chi connectivity index (χ2n) is 5.18. The minimum atomic E-state index is 0.729. The van der Waals surface area contributed by atoms with Gasteiger partial charge in [-0.3, -0.25) is 0 Å². The van der Waals surface area contributed by atoms with Crippen LogP contribution >= 0.6 is 12.2 Å². The molecule has 1 aliphatic heterocycles. The molecule has 1 fully saturated rings. The zero-order chi connectivity index (χ0) is 16.1. The predicted octanol–water partition coefficient (Wildman–Crippen LogP) is 2.00. The molecule has 1 saturated heterocycles. The maximum Gasteiger partial charge on any atom is 0.225 e. The molecule has 0 bridgehead atoms. The van der Waals surface area contributed by atoms with Crippen LogP contribution < -0.4 is 15.0 Å². The van der Waals surface area contributed by atoms with E-state index in [1.54, 1.807) is 19.5 Å². The fraction of sp³-hybridized carbons (Fsp3) is 0.312. The number of hydrogen-bond donors (Lipinski definition) is 1. The summed E-state index contributed by atoms with van der Waals surface area (Å²) < 4.78 is 5.23. The molecule has 3 rings (SSSR count). The molecule has 1 aromatic heterocycles. The summed E-state index contributed by atoms with van der Waals surface area (Å²) in [5, 5.41) is 4.00. The number of nitrogens with one attached hydrogen (secondary N) is 1. The van der Waals surface area contributed by atoms with Gasteiger partial charge in [-0.1, -0.05) is 6.07 Å². The summed E-state index contributed by atoms with van der Waals surface area (Å²) in [6, 6.07) is 9.58. The molecule has 1 aromatic carbocycles. The third-order valence-corrected chi connectivity index (χ3v) is 4.08. The number of thiocarbonyl (C=S) groups is 1. The maximum atomic E-state index is 5.52. The SMILES string of the molecule is COc1cccc(NC(=S)N2CCN(c3ncccn3)CC2)c1. The Morgan fingerprint density at radius 2 is 1.87 bits per heavy atom.